The third-order valence-electron chi connectivity index (χ3n) is 4.52. The number of para-hydroxylation sites is 1. The number of sulfonamides is 1. The minimum Gasteiger partial charge on any atom is -0.493 e. The van der Waals surface area contributed by atoms with Crippen LogP contribution >= 0.6 is 0 Å². The van der Waals surface area contributed by atoms with Crippen LogP contribution in [0, 0.1) is 12.8 Å². The lowest BCUT2D eigenvalue weighted by Crippen LogP contribution is -2.43. The molecule has 7 heteroatoms. The number of ether oxygens (including phenoxy) is 1. The van der Waals surface area contributed by atoms with Crippen molar-refractivity contribution in [1.29, 1.82) is 0 Å². The van der Waals surface area contributed by atoms with E-state index in [9.17, 15) is 13.2 Å². The van der Waals surface area contributed by atoms with E-state index in [4.69, 9.17) is 4.74 Å². The van der Waals surface area contributed by atoms with E-state index in [0.717, 1.165) is 33.9 Å². The predicted octanol–water partition coefficient (Wildman–Crippen LogP) is 2.13. The molecule has 0 spiro atoms. The van der Waals surface area contributed by atoms with E-state index in [-0.39, 0.29) is 18.4 Å². The Morgan fingerprint density at radius 2 is 2.00 bits per heavy atom. The van der Waals surface area contributed by atoms with Crippen LogP contribution in [0.25, 0.3) is 0 Å². The molecule has 0 bridgehead atoms. The van der Waals surface area contributed by atoms with Crippen LogP contribution in [0.4, 0.5) is 5.69 Å². The number of carbonyl (C=O) groups is 1. The summed E-state index contributed by atoms with van der Waals surface area (Å²) in [5.74, 6) is 0.720. The Balaban J connectivity index is 1.60. The molecule has 3 rings (SSSR count). The van der Waals surface area contributed by atoms with Crippen LogP contribution < -0.4 is 14.4 Å². The number of hydrogen-bond donors (Lipinski definition) is 1. The number of nitrogens with one attached hydrogen (secondary N) is 1. The monoisotopic (exact) mass is 388 g/mol. The van der Waals surface area contributed by atoms with Crippen LogP contribution in [-0.2, 0) is 21.2 Å². The van der Waals surface area contributed by atoms with Crippen molar-refractivity contribution in [3.8, 4) is 5.75 Å². The highest BCUT2D eigenvalue weighted by atomic mass is 32.2. The zero-order valence-electron chi connectivity index (χ0n) is 15.5. The summed E-state index contributed by atoms with van der Waals surface area (Å²) < 4.78 is 31.2. The highest BCUT2D eigenvalue weighted by Crippen LogP contribution is 2.26. The third kappa shape index (κ3) is 5.01. The second-order valence-electron chi connectivity index (χ2n) is 6.90. The lowest BCUT2D eigenvalue weighted by atomic mass is 9.97. The second kappa shape index (κ2) is 8.00. The molecule has 1 amide bonds. The molecule has 1 aliphatic rings. The second-order valence-corrected chi connectivity index (χ2v) is 8.81. The molecule has 6 nitrogen and oxygen atoms in total. The zero-order chi connectivity index (χ0) is 19.4. The largest absolute Gasteiger partial charge is 0.493 e. The molecule has 144 valence electrons. The third-order valence-corrected chi connectivity index (χ3v) is 5.66. The van der Waals surface area contributed by atoms with Crippen molar-refractivity contribution in [2.24, 2.45) is 5.92 Å². The lowest BCUT2D eigenvalue weighted by Gasteiger charge is -2.26. The van der Waals surface area contributed by atoms with Gasteiger partial charge in [0.15, 0.2) is 0 Å². The zero-order valence-corrected chi connectivity index (χ0v) is 16.3. The van der Waals surface area contributed by atoms with Crippen molar-refractivity contribution in [2.75, 3.05) is 30.3 Å². The van der Waals surface area contributed by atoms with Gasteiger partial charge in [-0.3, -0.25) is 9.10 Å². The Hall–Kier alpha value is -2.54. The van der Waals surface area contributed by atoms with Gasteiger partial charge in [-0.05, 0) is 42.7 Å². The van der Waals surface area contributed by atoms with Gasteiger partial charge in [0.25, 0.3) is 0 Å². The topological polar surface area (TPSA) is 75.7 Å². The van der Waals surface area contributed by atoms with Crippen molar-refractivity contribution < 1.29 is 17.9 Å². The number of amides is 1. The maximum absolute atomic E-state index is 12.4. The lowest BCUT2D eigenvalue weighted by molar-refractivity contribution is -0.119. The highest BCUT2D eigenvalue weighted by Gasteiger charge is 2.23. The van der Waals surface area contributed by atoms with Gasteiger partial charge in [-0.15, -0.1) is 0 Å². The Morgan fingerprint density at radius 1 is 1.22 bits per heavy atom. The number of anilines is 1. The Kier molecular flexibility index (Phi) is 5.70. The van der Waals surface area contributed by atoms with Crippen LogP contribution in [0.2, 0.25) is 0 Å². The van der Waals surface area contributed by atoms with Gasteiger partial charge in [0, 0.05) is 12.5 Å². The van der Waals surface area contributed by atoms with Crippen LogP contribution in [-0.4, -0.2) is 40.3 Å². The molecule has 1 atom stereocenters. The first-order valence-electron chi connectivity index (χ1n) is 8.85. The summed E-state index contributed by atoms with van der Waals surface area (Å²) in [6, 6.07) is 15.0. The highest BCUT2D eigenvalue weighted by molar-refractivity contribution is 7.92. The Morgan fingerprint density at radius 3 is 2.74 bits per heavy atom. The Labute approximate surface area is 160 Å². The summed E-state index contributed by atoms with van der Waals surface area (Å²) in [7, 11) is -3.57. The summed E-state index contributed by atoms with van der Waals surface area (Å²) >= 11 is 0. The summed E-state index contributed by atoms with van der Waals surface area (Å²) in [5, 5.41) is 2.85. The molecular weight excluding hydrogens is 364 g/mol. The van der Waals surface area contributed by atoms with Gasteiger partial charge in [0.1, 0.15) is 12.3 Å². The predicted molar refractivity (Wildman–Crippen MR) is 106 cm³/mol. The van der Waals surface area contributed by atoms with Crippen molar-refractivity contribution in [2.45, 2.75) is 13.3 Å². The van der Waals surface area contributed by atoms with Gasteiger partial charge in [0.05, 0.1) is 18.6 Å². The van der Waals surface area contributed by atoms with E-state index in [0.29, 0.717) is 18.8 Å². The van der Waals surface area contributed by atoms with Crippen molar-refractivity contribution >= 4 is 21.6 Å². The van der Waals surface area contributed by atoms with Crippen LogP contribution in [0.3, 0.4) is 0 Å². The fourth-order valence-corrected chi connectivity index (χ4v) is 4.00. The SMILES string of the molecule is Cc1cccc(N(CC(=O)NCC2COc3ccccc3C2)S(C)(=O)=O)c1. The van der Waals surface area contributed by atoms with Gasteiger partial charge < -0.3 is 10.1 Å². The number of benzene rings is 2. The minimum absolute atomic E-state index is 0.162. The normalized spacial score (nSPS) is 16.1. The van der Waals surface area contributed by atoms with Gasteiger partial charge >= 0.3 is 0 Å². The van der Waals surface area contributed by atoms with Crippen molar-refractivity contribution in [3.05, 3.63) is 59.7 Å². The standard InChI is InChI=1S/C20H24N2O4S/c1-15-6-5-8-18(10-15)22(27(2,24)25)13-20(23)21-12-16-11-17-7-3-4-9-19(17)26-14-16/h3-10,16H,11-14H2,1-2H3,(H,21,23). The molecule has 27 heavy (non-hydrogen) atoms. The van der Waals surface area contributed by atoms with E-state index in [1.807, 2.05) is 37.3 Å². The van der Waals surface area contributed by atoms with Crippen molar-refractivity contribution in [1.82, 2.24) is 5.32 Å². The summed E-state index contributed by atoms with van der Waals surface area (Å²) in [5.41, 5.74) is 2.54. The molecule has 1 N–H and O–H groups in total. The fraction of sp³-hybridized carbons (Fsp3) is 0.350. The molecule has 0 aromatic heterocycles. The fourth-order valence-electron chi connectivity index (χ4n) is 3.15. The van der Waals surface area contributed by atoms with E-state index >= 15 is 0 Å². The minimum atomic E-state index is -3.57. The van der Waals surface area contributed by atoms with Gasteiger partial charge in [-0.1, -0.05) is 30.3 Å². The maximum atomic E-state index is 12.4. The molecular formula is C20H24N2O4S. The Bertz CT molecular complexity index is 927. The first-order chi connectivity index (χ1) is 12.8. The number of fused-ring (bicyclic) bond motifs is 1. The van der Waals surface area contributed by atoms with E-state index in [2.05, 4.69) is 5.32 Å². The van der Waals surface area contributed by atoms with Gasteiger partial charge in [0.2, 0.25) is 15.9 Å². The average Bonchev–Trinajstić information content (AvgIpc) is 2.63. The van der Waals surface area contributed by atoms with Crippen molar-refractivity contribution in [3.63, 3.8) is 0 Å². The van der Waals surface area contributed by atoms with Crippen LogP contribution in [0.15, 0.2) is 48.5 Å². The first-order valence-corrected chi connectivity index (χ1v) is 10.7. The number of hydrogen-bond acceptors (Lipinski definition) is 4. The molecule has 1 heterocycles. The molecule has 0 saturated carbocycles. The average molecular weight is 388 g/mol. The van der Waals surface area contributed by atoms with Crippen LogP contribution in [0.5, 0.6) is 5.75 Å². The molecule has 0 radical (unpaired) electrons. The molecule has 2 aromatic rings. The first kappa shape index (κ1) is 19.2. The molecule has 1 unspecified atom stereocenters. The van der Waals surface area contributed by atoms with E-state index < -0.39 is 10.0 Å². The molecule has 1 aliphatic heterocycles. The summed E-state index contributed by atoms with van der Waals surface area (Å²) in [6.45, 7) is 2.61. The summed E-state index contributed by atoms with van der Waals surface area (Å²) in [4.78, 5) is 12.4. The number of carbonyl (C=O) groups excluding carboxylic acids is 1. The molecule has 0 aliphatic carbocycles. The number of nitrogens with zero attached hydrogens (tertiary/aromatic N) is 1. The van der Waals surface area contributed by atoms with E-state index in [1.165, 1.54) is 0 Å². The van der Waals surface area contributed by atoms with Crippen LogP contribution in [0.1, 0.15) is 11.1 Å². The summed E-state index contributed by atoms with van der Waals surface area (Å²) in [6.07, 6.45) is 1.93. The number of rotatable bonds is 6. The van der Waals surface area contributed by atoms with Gasteiger partial charge in [-0.2, -0.15) is 0 Å². The quantitative estimate of drug-likeness (QED) is 0.823. The smallest absolute Gasteiger partial charge is 0.240 e. The molecule has 2 aromatic carbocycles. The number of aryl methyl sites for hydroxylation is 1. The molecule has 0 fully saturated rings. The molecule has 0 saturated heterocycles. The van der Waals surface area contributed by atoms with E-state index in [1.54, 1.807) is 18.2 Å². The maximum Gasteiger partial charge on any atom is 0.240 e. The van der Waals surface area contributed by atoms with Gasteiger partial charge in [-0.25, -0.2) is 8.42 Å².